The third-order valence-electron chi connectivity index (χ3n) is 2.68. The molecule has 19 heavy (non-hydrogen) atoms. The van der Waals surface area contributed by atoms with Crippen molar-refractivity contribution < 1.29 is 8.42 Å². The summed E-state index contributed by atoms with van der Waals surface area (Å²) in [6.45, 7) is 8.35. The highest BCUT2D eigenvalue weighted by atomic mass is 32.2. The second kappa shape index (κ2) is 6.34. The Labute approximate surface area is 115 Å². The number of sulfonamides is 1. The Hall–Kier alpha value is -1.14. The van der Waals surface area contributed by atoms with Gasteiger partial charge in [0.25, 0.3) is 10.0 Å². The van der Waals surface area contributed by atoms with E-state index in [0.717, 1.165) is 12.8 Å². The Kier molecular flexibility index (Phi) is 5.31. The third-order valence-corrected chi connectivity index (χ3v) is 4.33. The summed E-state index contributed by atoms with van der Waals surface area (Å²) in [5, 5.41) is 3.07. The van der Waals surface area contributed by atoms with Crippen molar-refractivity contribution in [2.45, 2.75) is 51.1 Å². The molecule has 0 aliphatic rings. The number of hydrogen-bond donors (Lipinski definition) is 2. The summed E-state index contributed by atoms with van der Waals surface area (Å²) in [7, 11) is -3.62. The number of hydrogen-bond acceptors (Lipinski definition) is 4. The fourth-order valence-corrected chi connectivity index (χ4v) is 3.57. The SMILES string of the molecule is CCCC(C)(C)NS(=O)(=O)c1ncccc1NCC. The molecule has 0 unspecified atom stereocenters. The van der Waals surface area contributed by atoms with E-state index in [4.69, 9.17) is 0 Å². The van der Waals surface area contributed by atoms with E-state index in [1.54, 1.807) is 12.1 Å². The van der Waals surface area contributed by atoms with E-state index >= 15 is 0 Å². The predicted molar refractivity (Wildman–Crippen MR) is 77.7 cm³/mol. The van der Waals surface area contributed by atoms with Gasteiger partial charge >= 0.3 is 0 Å². The summed E-state index contributed by atoms with van der Waals surface area (Å²) in [4.78, 5) is 4.00. The standard InChI is InChI=1S/C13H23N3O2S/c1-5-9-13(3,4)16-19(17,18)12-11(14-6-2)8-7-10-15-12/h7-8,10,14,16H,5-6,9H2,1-4H3. The molecule has 1 heterocycles. The average molecular weight is 285 g/mol. The van der Waals surface area contributed by atoms with E-state index in [1.807, 2.05) is 27.7 Å². The lowest BCUT2D eigenvalue weighted by Gasteiger charge is -2.25. The minimum Gasteiger partial charge on any atom is -0.383 e. The molecule has 1 aromatic rings. The van der Waals surface area contributed by atoms with Gasteiger partial charge in [-0.05, 0) is 39.3 Å². The van der Waals surface area contributed by atoms with Crippen LogP contribution in [0.3, 0.4) is 0 Å². The largest absolute Gasteiger partial charge is 0.383 e. The summed E-state index contributed by atoms with van der Waals surface area (Å²) < 4.78 is 27.5. The molecule has 0 atom stereocenters. The smallest absolute Gasteiger partial charge is 0.260 e. The summed E-state index contributed by atoms with van der Waals surface area (Å²) in [5.41, 5.74) is 0.0546. The first kappa shape index (κ1) is 15.9. The second-order valence-electron chi connectivity index (χ2n) is 5.13. The third kappa shape index (κ3) is 4.47. The molecule has 0 aromatic carbocycles. The summed E-state index contributed by atoms with van der Waals surface area (Å²) in [5.74, 6) is 0. The molecular weight excluding hydrogens is 262 g/mol. The molecule has 2 N–H and O–H groups in total. The number of rotatable bonds is 7. The summed E-state index contributed by atoms with van der Waals surface area (Å²) >= 11 is 0. The molecule has 1 rings (SSSR count). The van der Waals surface area contributed by atoms with Gasteiger partial charge in [0.2, 0.25) is 0 Å². The van der Waals surface area contributed by atoms with E-state index in [1.165, 1.54) is 6.20 Å². The number of nitrogens with zero attached hydrogens (tertiary/aromatic N) is 1. The van der Waals surface area contributed by atoms with Crippen LogP contribution in [0.1, 0.15) is 40.5 Å². The second-order valence-corrected chi connectivity index (χ2v) is 6.72. The molecule has 0 saturated carbocycles. The minimum atomic E-state index is -3.62. The van der Waals surface area contributed by atoms with Gasteiger partial charge in [0, 0.05) is 18.3 Å². The molecule has 5 nitrogen and oxygen atoms in total. The first-order chi connectivity index (χ1) is 8.82. The van der Waals surface area contributed by atoms with E-state index in [-0.39, 0.29) is 5.03 Å². The van der Waals surface area contributed by atoms with Crippen LogP contribution in [0.2, 0.25) is 0 Å². The van der Waals surface area contributed by atoms with Crippen molar-refractivity contribution >= 4 is 15.7 Å². The Morgan fingerprint density at radius 2 is 2.00 bits per heavy atom. The van der Waals surface area contributed by atoms with Crippen molar-refractivity contribution in [2.75, 3.05) is 11.9 Å². The zero-order valence-corrected chi connectivity index (χ0v) is 12.8. The number of anilines is 1. The van der Waals surface area contributed by atoms with Crippen LogP contribution in [0.5, 0.6) is 0 Å². The van der Waals surface area contributed by atoms with Gasteiger partial charge in [-0.15, -0.1) is 0 Å². The lowest BCUT2D eigenvalue weighted by molar-refractivity contribution is 0.417. The molecule has 0 bridgehead atoms. The van der Waals surface area contributed by atoms with Crippen molar-refractivity contribution in [3.8, 4) is 0 Å². The Bertz CT molecular complexity index is 512. The maximum atomic E-state index is 12.4. The van der Waals surface area contributed by atoms with Gasteiger partial charge in [0.1, 0.15) is 0 Å². The highest BCUT2D eigenvalue weighted by molar-refractivity contribution is 7.89. The number of pyridine rings is 1. The fourth-order valence-electron chi connectivity index (χ4n) is 2.02. The predicted octanol–water partition coefficient (Wildman–Crippen LogP) is 2.37. The highest BCUT2D eigenvalue weighted by Crippen LogP contribution is 2.21. The van der Waals surface area contributed by atoms with E-state index < -0.39 is 15.6 Å². The molecule has 1 aromatic heterocycles. The Morgan fingerprint density at radius 3 is 2.58 bits per heavy atom. The van der Waals surface area contributed by atoms with Gasteiger partial charge in [0.15, 0.2) is 5.03 Å². The zero-order chi connectivity index (χ0) is 14.5. The molecule has 0 saturated heterocycles. The molecule has 0 radical (unpaired) electrons. The molecule has 0 aliphatic carbocycles. The highest BCUT2D eigenvalue weighted by Gasteiger charge is 2.28. The topological polar surface area (TPSA) is 71.1 Å². The quantitative estimate of drug-likeness (QED) is 0.807. The summed E-state index contributed by atoms with van der Waals surface area (Å²) in [6, 6.07) is 3.44. The monoisotopic (exact) mass is 285 g/mol. The van der Waals surface area contributed by atoms with Crippen molar-refractivity contribution in [2.24, 2.45) is 0 Å². The summed E-state index contributed by atoms with van der Waals surface area (Å²) in [6.07, 6.45) is 3.18. The van der Waals surface area contributed by atoms with Crippen molar-refractivity contribution in [1.82, 2.24) is 9.71 Å². The minimum absolute atomic E-state index is 0.0565. The van der Waals surface area contributed by atoms with E-state index in [2.05, 4.69) is 15.0 Å². The van der Waals surface area contributed by atoms with Gasteiger partial charge in [-0.3, -0.25) is 0 Å². The van der Waals surface area contributed by atoms with Crippen molar-refractivity contribution in [3.05, 3.63) is 18.3 Å². The van der Waals surface area contributed by atoms with Crippen LogP contribution >= 0.6 is 0 Å². The van der Waals surface area contributed by atoms with Crippen LogP contribution in [0.25, 0.3) is 0 Å². The Balaban J connectivity index is 3.07. The molecule has 0 spiro atoms. The van der Waals surface area contributed by atoms with Crippen molar-refractivity contribution in [1.29, 1.82) is 0 Å². The lowest BCUT2D eigenvalue weighted by Crippen LogP contribution is -2.43. The first-order valence-corrected chi connectivity index (χ1v) is 8.03. The molecule has 0 aliphatic heterocycles. The molecule has 0 fully saturated rings. The lowest BCUT2D eigenvalue weighted by atomic mass is 10.0. The van der Waals surface area contributed by atoms with Crippen LogP contribution in [-0.4, -0.2) is 25.5 Å². The maximum absolute atomic E-state index is 12.4. The fraction of sp³-hybridized carbons (Fsp3) is 0.615. The molecule has 108 valence electrons. The first-order valence-electron chi connectivity index (χ1n) is 6.55. The van der Waals surface area contributed by atoms with Crippen LogP contribution in [0.15, 0.2) is 23.4 Å². The molecule has 6 heteroatoms. The van der Waals surface area contributed by atoms with Gasteiger partial charge in [-0.2, -0.15) is 0 Å². The van der Waals surface area contributed by atoms with Gasteiger partial charge in [0.05, 0.1) is 5.69 Å². The zero-order valence-electron chi connectivity index (χ0n) is 12.0. The van der Waals surface area contributed by atoms with Crippen molar-refractivity contribution in [3.63, 3.8) is 0 Å². The normalized spacial score (nSPS) is 12.4. The maximum Gasteiger partial charge on any atom is 0.260 e. The van der Waals surface area contributed by atoms with Gasteiger partial charge in [-0.1, -0.05) is 13.3 Å². The molecule has 0 amide bonds. The number of aromatic nitrogens is 1. The molecular formula is C13H23N3O2S. The van der Waals surface area contributed by atoms with Gasteiger partial charge in [-0.25, -0.2) is 18.1 Å². The average Bonchev–Trinajstić information content (AvgIpc) is 2.28. The van der Waals surface area contributed by atoms with Crippen LogP contribution in [0, 0.1) is 0 Å². The number of nitrogens with one attached hydrogen (secondary N) is 2. The Morgan fingerprint density at radius 1 is 1.32 bits per heavy atom. The van der Waals surface area contributed by atoms with Gasteiger partial charge < -0.3 is 5.32 Å². The van der Waals surface area contributed by atoms with Crippen LogP contribution < -0.4 is 10.0 Å². The van der Waals surface area contributed by atoms with Crippen LogP contribution in [-0.2, 0) is 10.0 Å². The van der Waals surface area contributed by atoms with E-state index in [9.17, 15) is 8.42 Å². The van der Waals surface area contributed by atoms with Crippen LogP contribution in [0.4, 0.5) is 5.69 Å². The van der Waals surface area contributed by atoms with E-state index in [0.29, 0.717) is 12.2 Å².